The lowest BCUT2D eigenvalue weighted by molar-refractivity contribution is 0.617. The van der Waals surface area contributed by atoms with Crippen molar-refractivity contribution >= 4 is 27.5 Å². The highest BCUT2D eigenvalue weighted by molar-refractivity contribution is 9.10. The minimum atomic E-state index is -0.297. The zero-order valence-electron chi connectivity index (χ0n) is 9.54. The Morgan fingerprint density at radius 3 is 2.61 bits per heavy atom. The third-order valence-electron chi connectivity index (χ3n) is 2.71. The topological polar surface area (TPSA) is 26.0 Å². The Kier molecular flexibility index (Phi) is 4.38. The first-order valence-electron chi connectivity index (χ1n) is 5.51. The summed E-state index contributed by atoms with van der Waals surface area (Å²) in [5.41, 5.74) is 7.80. The molecule has 2 aromatic carbocycles. The molecule has 2 rings (SSSR count). The smallest absolute Gasteiger partial charge is 0.124 e. The molecule has 1 nitrogen and oxygen atoms in total. The lowest BCUT2D eigenvalue weighted by Gasteiger charge is -2.13. The predicted molar refractivity (Wildman–Crippen MR) is 76.2 cm³/mol. The molecule has 2 N–H and O–H groups in total. The summed E-state index contributed by atoms with van der Waals surface area (Å²) in [5.74, 6) is -0.297. The molecule has 0 spiro atoms. The van der Waals surface area contributed by atoms with Crippen LogP contribution in [0.25, 0.3) is 0 Å². The second-order valence-electron chi connectivity index (χ2n) is 4.10. The number of rotatable bonds is 3. The summed E-state index contributed by atoms with van der Waals surface area (Å²) in [6.45, 7) is 0. The molecule has 0 bridgehead atoms. The van der Waals surface area contributed by atoms with E-state index in [1.165, 1.54) is 12.1 Å². The Morgan fingerprint density at radius 1 is 1.22 bits per heavy atom. The molecular weight excluding hydrogens is 317 g/mol. The van der Waals surface area contributed by atoms with Gasteiger partial charge < -0.3 is 5.73 Å². The summed E-state index contributed by atoms with van der Waals surface area (Å²) >= 11 is 9.34. The van der Waals surface area contributed by atoms with Crippen molar-refractivity contribution in [2.75, 3.05) is 0 Å². The van der Waals surface area contributed by atoms with Crippen molar-refractivity contribution in [2.24, 2.45) is 5.73 Å². The highest BCUT2D eigenvalue weighted by Gasteiger charge is 2.11. The van der Waals surface area contributed by atoms with Gasteiger partial charge >= 0.3 is 0 Å². The summed E-state index contributed by atoms with van der Waals surface area (Å²) in [6, 6.07) is 11.9. The van der Waals surface area contributed by atoms with Gasteiger partial charge in [-0.05, 0) is 41.8 Å². The van der Waals surface area contributed by atoms with E-state index in [0.717, 1.165) is 11.1 Å². The Bertz CT molecular complexity index is 539. The Morgan fingerprint density at radius 2 is 1.94 bits per heavy atom. The monoisotopic (exact) mass is 327 g/mol. The molecule has 0 saturated heterocycles. The van der Waals surface area contributed by atoms with E-state index >= 15 is 0 Å². The third kappa shape index (κ3) is 3.31. The van der Waals surface area contributed by atoms with Gasteiger partial charge in [0.15, 0.2) is 0 Å². The molecule has 94 valence electrons. The van der Waals surface area contributed by atoms with E-state index < -0.39 is 0 Å². The van der Waals surface area contributed by atoms with E-state index in [2.05, 4.69) is 15.9 Å². The molecule has 0 aliphatic carbocycles. The summed E-state index contributed by atoms with van der Waals surface area (Å²) in [5, 5.41) is 0.684. The molecule has 0 amide bonds. The van der Waals surface area contributed by atoms with E-state index in [9.17, 15) is 4.39 Å². The fourth-order valence-electron chi connectivity index (χ4n) is 1.81. The van der Waals surface area contributed by atoms with Gasteiger partial charge in [-0.1, -0.05) is 45.7 Å². The zero-order valence-corrected chi connectivity index (χ0v) is 11.9. The van der Waals surface area contributed by atoms with Crippen LogP contribution < -0.4 is 5.73 Å². The van der Waals surface area contributed by atoms with Gasteiger partial charge in [-0.3, -0.25) is 0 Å². The van der Waals surface area contributed by atoms with Gasteiger partial charge in [-0.15, -0.1) is 0 Å². The summed E-state index contributed by atoms with van der Waals surface area (Å²) in [7, 11) is 0. The van der Waals surface area contributed by atoms with E-state index in [1.54, 1.807) is 0 Å². The average molecular weight is 329 g/mol. The molecule has 0 saturated carbocycles. The van der Waals surface area contributed by atoms with E-state index in [-0.39, 0.29) is 11.9 Å². The number of hydrogen-bond donors (Lipinski definition) is 1. The summed E-state index contributed by atoms with van der Waals surface area (Å²) in [6.07, 6.45) is 0.579. The predicted octanol–water partition coefficient (Wildman–Crippen LogP) is 4.48. The van der Waals surface area contributed by atoms with Crippen LogP contribution >= 0.6 is 27.5 Å². The Hall–Kier alpha value is -0.900. The fourth-order valence-corrected chi connectivity index (χ4v) is 2.50. The molecule has 0 fully saturated rings. The fraction of sp³-hybridized carbons (Fsp3) is 0.143. The zero-order chi connectivity index (χ0) is 13.1. The highest BCUT2D eigenvalue weighted by atomic mass is 79.9. The molecule has 0 radical (unpaired) electrons. The minimum absolute atomic E-state index is 0.281. The van der Waals surface area contributed by atoms with Gasteiger partial charge in [0.25, 0.3) is 0 Å². The molecule has 2 aromatic rings. The number of benzene rings is 2. The lowest BCUT2D eigenvalue weighted by atomic mass is 10.00. The maximum Gasteiger partial charge on any atom is 0.124 e. The van der Waals surface area contributed by atoms with Crippen molar-refractivity contribution in [2.45, 2.75) is 12.5 Å². The molecule has 1 atom stereocenters. The van der Waals surface area contributed by atoms with E-state index in [4.69, 9.17) is 17.3 Å². The van der Waals surface area contributed by atoms with Crippen LogP contribution in [-0.4, -0.2) is 0 Å². The van der Waals surface area contributed by atoms with Crippen molar-refractivity contribution in [3.05, 3.63) is 68.9 Å². The van der Waals surface area contributed by atoms with Crippen molar-refractivity contribution in [3.8, 4) is 0 Å². The first kappa shape index (κ1) is 13.5. The van der Waals surface area contributed by atoms with Gasteiger partial charge in [-0.25, -0.2) is 4.39 Å². The van der Waals surface area contributed by atoms with Crippen LogP contribution in [0.15, 0.2) is 46.9 Å². The average Bonchev–Trinajstić information content (AvgIpc) is 2.31. The Labute approximate surface area is 119 Å². The first-order valence-corrected chi connectivity index (χ1v) is 6.68. The number of hydrogen-bond acceptors (Lipinski definition) is 1. The van der Waals surface area contributed by atoms with Crippen LogP contribution in [0.3, 0.4) is 0 Å². The Balaban J connectivity index is 2.22. The number of halogens is 3. The van der Waals surface area contributed by atoms with Crippen molar-refractivity contribution in [3.63, 3.8) is 0 Å². The maximum absolute atomic E-state index is 13.3. The standard InChI is InChI=1S/C14H12BrClFN/c15-11-5-10(6-12(17)8-11)14(18)7-9-3-1-2-4-13(9)16/h1-6,8,14H,7,18H2. The van der Waals surface area contributed by atoms with Crippen molar-refractivity contribution < 1.29 is 4.39 Å². The molecular formula is C14H12BrClFN. The van der Waals surface area contributed by atoms with Crippen molar-refractivity contribution in [1.29, 1.82) is 0 Å². The van der Waals surface area contributed by atoms with Gasteiger partial charge in [0.2, 0.25) is 0 Å². The van der Waals surface area contributed by atoms with Crippen LogP contribution in [-0.2, 0) is 6.42 Å². The minimum Gasteiger partial charge on any atom is -0.324 e. The van der Waals surface area contributed by atoms with E-state index in [0.29, 0.717) is 15.9 Å². The molecule has 0 aromatic heterocycles. The van der Waals surface area contributed by atoms with Crippen LogP contribution in [0.1, 0.15) is 17.2 Å². The molecule has 0 heterocycles. The van der Waals surface area contributed by atoms with Crippen LogP contribution in [0.2, 0.25) is 5.02 Å². The third-order valence-corrected chi connectivity index (χ3v) is 3.54. The normalized spacial score (nSPS) is 12.4. The highest BCUT2D eigenvalue weighted by Crippen LogP contribution is 2.24. The van der Waals surface area contributed by atoms with E-state index in [1.807, 2.05) is 30.3 Å². The van der Waals surface area contributed by atoms with Crippen LogP contribution in [0.5, 0.6) is 0 Å². The van der Waals surface area contributed by atoms with Gasteiger partial charge in [0.05, 0.1) is 0 Å². The van der Waals surface area contributed by atoms with Gasteiger partial charge in [0, 0.05) is 15.5 Å². The largest absolute Gasteiger partial charge is 0.324 e. The van der Waals surface area contributed by atoms with Crippen LogP contribution in [0.4, 0.5) is 4.39 Å². The molecule has 4 heteroatoms. The first-order chi connectivity index (χ1) is 8.56. The van der Waals surface area contributed by atoms with Crippen LogP contribution in [0, 0.1) is 5.82 Å². The molecule has 1 unspecified atom stereocenters. The lowest BCUT2D eigenvalue weighted by Crippen LogP contribution is -2.13. The quantitative estimate of drug-likeness (QED) is 0.883. The molecule has 0 aliphatic heterocycles. The van der Waals surface area contributed by atoms with Gasteiger partial charge in [-0.2, -0.15) is 0 Å². The summed E-state index contributed by atoms with van der Waals surface area (Å²) in [4.78, 5) is 0. The number of nitrogens with two attached hydrogens (primary N) is 1. The van der Waals surface area contributed by atoms with Crippen molar-refractivity contribution in [1.82, 2.24) is 0 Å². The maximum atomic E-state index is 13.3. The second kappa shape index (κ2) is 5.83. The summed E-state index contributed by atoms with van der Waals surface area (Å²) < 4.78 is 14.0. The molecule has 0 aliphatic rings. The van der Waals surface area contributed by atoms with Gasteiger partial charge in [0.1, 0.15) is 5.82 Å². The second-order valence-corrected chi connectivity index (χ2v) is 5.43. The SMILES string of the molecule is NC(Cc1ccccc1Cl)c1cc(F)cc(Br)c1. The molecule has 18 heavy (non-hydrogen) atoms.